The highest BCUT2D eigenvalue weighted by atomic mass is 16.5. The van der Waals surface area contributed by atoms with Crippen molar-refractivity contribution >= 4 is 17.5 Å². The van der Waals surface area contributed by atoms with Crippen LogP contribution in [-0.4, -0.2) is 79.5 Å². The quantitative estimate of drug-likeness (QED) is 0.550. The third kappa shape index (κ3) is 4.82. The van der Waals surface area contributed by atoms with Gasteiger partial charge in [0.1, 0.15) is 23.3 Å². The second-order valence-electron chi connectivity index (χ2n) is 8.36. The summed E-state index contributed by atoms with van der Waals surface area (Å²) in [5.41, 5.74) is 2.89. The molecule has 0 unspecified atom stereocenters. The summed E-state index contributed by atoms with van der Waals surface area (Å²) < 4.78 is 16.2. The SMILES string of the molecule is COc1ccc(-c2ccnc(Nc3ccc(N4CCN(C5COC5)CC4)c(OC)n3)n2)cc1C#N. The minimum atomic E-state index is 0.399. The van der Waals surface area contributed by atoms with E-state index in [1.165, 1.54) is 0 Å². The zero-order valence-corrected chi connectivity index (χ0v) is 19.8. The lowest BCUT2D eigenvalue weighted by atomic mass is 10.1. The van der Waals surface area contributed by atoms with Crippen LogP contribution in [-0.2, 0) is 4.74 Å². The van der Waals surface area contributed by atoms with Crippen molar-refractivity contribution in [2.24, 2.45) is 0 Å². The van der Waals surface area contributed by atoms with E-state index in [0.717, 1.165) is 50.6 Å². The molecule has 0 bridgehead atoms. The Bertz CT molecular complexity index is 1230. The average Bonchev–Trinajstić information content (AvgIpc) is 2.88. The Morgan fingerprint density at radius 2 is 1.86 bits per heavy atom. The number of rotatable bonds is 7. The van der Waals surface area contributed by atoms with Crippen molar-refractivity contribution in [2.75, 3.05) is 63.8 Å². The number of nitrogens with one attached hydrogen (secondary N) is 1. The molecule has 0 atom stereocenters. The molecule has 0 amide bonds. The predicted molar refractivity (Wildman–Crippen MR) is 131 cm³/mol. The Labute approximate surface area is 204 Å². The average molecular weight is 474 g/mol. The molecule has 0 spiro atoms. The van der Waals surface area contributed by atoms with E-state index in [2.05, 4.69) is 36.1 Å². The molecule has 0 aliphatic carbocycles. The van der Waals surface area contributed by atoms with Crippen LogP contribution in [0.3, 0.4) is 0 Å². The molecule has 0 saturated carbocycles. The summed E-state index contributed by atoms with van der Waals surface area (Å²) in [6.07, 6.45) is 1.67. The highest BCUT2D eigenvalue weighted by molar-refractivity contribution is 5.66. The molecule has 1 aromatic carbocycles. The largest absolute Gasteiger partial charge is 0.495 e. The lowest BCUT2D eigenvalue weighted by molar-refractivity contribution is -0.0660. The maximum Gasteiger partial charge on any atom is 0.239 e. The summed E-state index contributed by atoms with van der Waals surface area (Å²) in [6, 6.07) is 13.8. The topological polar surface area (TPSA) is 109 Å². The van der Waals surface area contributed by atoms with E-state index in [1.807, 2.05) is 18.2 Å². The molecule has 2 saturated heterocycles. The van der Waals surface area contributed by atoms with Crippen molar-refractivity contribution in [3.63, 3.8) is 0 Å². The van der Waals surface area contributed by atoms with E-state index < -0.39 is 0 Å². The number of benzene rings is 1. The van der Waals surface area contributed by atoms with Gasteiger partial charge in [-0.25, -0.2) is 9.97 Å². The molecular formula is C25H27N7O3. The number of nitriles is 1. The monoisotopic (exact) mass is 473 g/mol. The number of hydrogen-bond donors (Lipinski definition) is 1. The number of hydrogen-bond acceptors (Lipinski definition) is 10. The molecule has 10 nitrogen and oxygen atoms in total. The summed E-state index contributed by atoms with van der Waals surface area (Å²) in [7, 11) is 3.17. The van der Waals surface area contributed by atoms with Gasteiger partial charge in [0.25, 0.3) is 0 Å². The number of piperazine rings is 1. The minimum Gasteiger partial charge on any atom is -0.495 e. The van der Waals surface area contributed by atoms with Gasteiger partial charge >= 0.3 is 0 Å². The summed E-state index contributed by atoms with van der Waals surface area (Å²) in [6.45, 7) is 5.50. The van der Waals surface area contributed by atoms with Crippen LogP contribution < -0.4 is 19.7 Å². The molecule has 2 fully saturated rings. The van der Waals surface area contributed by atoms with E-state index >= 15 is 0 Å². The van der Waals surface area contributed by atoms with Crippen molar-refractivity contribution in [2.45, 2.75) is 6.04 Å². The second kappa shape index (κ2) is 10.1. The summed E-state index contributed by atoms with van der Waals surface area (Å²) >= 11 is 0. The van der Waals surface area contributed by atoms with Crippen LogP contribution in [0.15, 0.2) is 42.6 Å². The number of pyridine rings is 1. The van der Waals surface area contributed by atoms with Crippen LogP contribution in [0.2, 0.25) is 0 Å². The maximum atomic E-state index is 9.38. The van der Waals surface area contributed by atoms with Crippen LogP contribution in [0.5, 0.6) is 11.6 Å². The van der Waals surface area contributed by atoms with E-state index in [4.69, 9.17) is 14.2 Å². The van der Waals surface area contributed by atoms with Gasteiger partial charge in [-0.1, -0.05) is 0 Å². The van der Waals surface area contributed by atoms with E-state index in [1.54, 1.807) is 38.6 Å². The van der Waals surface area contributed by atoms with Gasteiger partial charge < -0.3 is 24.4 Å². The number of anilines is 3. The van der Waals surface area contributed by atoms with Crippen molar-refractivity contribution in [3.05, 3.63) is 48.2 Å². The molecule has 2 aromatic heterocycles. The fraction of sp³-hybridized carbons (Fsp3) is 0.360. The van der Waals surface area contributed by atoms with E-state index in [9.17, 15) is 5.26 Å². The van der Waals surface area contributed by atoms with Crippen molar-refractivity contribution < 1.29 is 14.2 Å². The third-order valence-corrected chi connectivity index (χ3v) is 6.34. The molecule has 4 heterocycles. The van der Waals surface area contributed by atoms with Crippen LogP contribution in [0.4, 0.5) is 17.5 Å². The molecule has 1 N–H and O–H groups in total. The van der Waals surface area contributed by atoms with Crippen molar-refractivity contribution in [3.8, 4) is 29.0 Å². The Morgan fingerprint density at radius 1 is 1.03 bits per heavy atom. The molecule has 3 aromatic rings. The first kappa shape index (κ1) is 22.8. The lowest BCUT2D eigenvalue weighted by Gasteiger charge is -2.43. The summed E-state index contributed by atoms with van der Waals surface area (Å²) in [4.78, 5) is 18.4. The highest BCUT2D eigenvalue weighted by Crippen LogP contribution is 2.30. The third-order valence-electron chi connectivity index (χ3n) is 6.34. The van der Waals surface area contributed by atoms with Crippen LogP contribution in [0.1, 0.15) is 5.56 Å². The smallest absolute Gasteiger partial charge is 0.239 e. The summed E-state index contributed by atoms with van der Waals surface area (Å²) in [5, 5.41) is 12.5. The molecule has 35 heavy (non-hydrogen) atoms. The van der Waals surface area contributed by atoms with Gasteiger partial charge in [0.15, 0.2) is 0 Å². The first-order valence-electron chi connectivity index (χ1n) is 11.5. The molecule has 0 radical (unpaired) electrons. The molecule has 2 aliphatic rings. The van der Waals surface area contributed by atoms with Gasteiger partial charge in [-0.15, -0.1) is 0 Å². The van der Waals surface area contributed by atoms with Crippen LogP contribution >= 0.6 is 0 Å². The Morgan fingerprint density at radius 3 is 2.54 bits per heavy atom. The first-order chi connectivity index (χ1) is 17.2. The molecular weight excluding hydrogens is 446 g/mol. The van der Waals surface area contributed by atoms with Gasteiger partial charge in [-0.05, 0) is 36.4 Å². The van der Waals surface area contributed by atoms with Crippen LogP contribution in [0.25, 0.3) is 11.3 Å². The van der Waals surface area contributed by atoms with Gasteiger partial charge in [-0.2, -0.15) is 10.2 Å². The van der Waals surface area contributed by atoms with E-state index in [-0.39, 0.29) is 0 Å². The van der Waals surface area contributed by atoms with Crippen molar-refractivity contribution in [1.82, 2.24) is 19.9 Å². The standard InChI is InChI=1S/C25H27N7O3/c1-33-22-5-3-17(13-18(22)14-26)20-7-8-27-25(28-20)30-23-6-4-21(24(29-23)34-2)32-11-9-31(10-12-32)19-15-35-16-19/h3-8,13,19H,9-12,15-16H2,1-2H3,(H,27,28,29,30). The van der Waals surface area contributed by atoms with Gasteiger partial charge in [0.05, 0.1) is 44.7 Å². The van der Waals surface area contributed by atoms with Gasteiger partial charge in [0, 0.05) is 37.9 Å². The number of aromatic nitrogens is 3. The molecule has 10 heteroatoms. The summed E-state index contributed by atoms with van der Waals surface area (Å²) in [5.74, 6) is 2.06. The molecule has 180 valence electrons. The number of ether oxygens (including phenoxy) is 3. The Balaban J connectivity index is 1.30. The number of nitrogens with zero attached hydrogens (tertiary/aromatic N) is 6. The Hall–Kier alpha value is -3.94. The zero-order chi connectivity index (χ0) is 24.2. The first-order valence-corrected chi connectivity index (χ1v) is 11.5. The second-order valence-corrected chi connectivity index (χ2v) is 8.36. The minimum absolute atomic E-state index is 0.399. The molecule has 2 aliphatic heterocycles. The highest BCUT2D eigenvalue weighted by Gasteiger charge is 2.29. The van der Waals surface area contributed by atoms with Gasteiger partial charge in [0.2, 0.25) is 11.8 Å². The molecule has 5 rings (SSSR count). The lowest BCUT2D eigenvalue weighted by Crippen LogP contribution is -2.56. The normalized spacial score (nSPS) is 16.3. The van der Waals surface area contributed by atoms with Gasteiger partial charge in [-0.3, -0.25) is 4.90 Å². The van der Waals surface area contributed by atoms with Crippen LogP contribution in [0, 0.1) is 11.3 Å². The predicted octanol–water partition coefficient (Wildman–Crippen LogP) is 2.69. The van der Waals surface area contributed by atoms with E-state index in [0.29, 0.717) is 40.7 Å². The number of methoxy groups -OCH3 is 2. The van der Waals surface area contributed by atoms with Crippen molar-refractivity contribution in [1.29, 1.82) is 5.26 Å². The Kier molecular flexibility index (Phi) is 6.61. The fourth-order valence-electron chi connectivity index (χ4n) is 4.30. The maximum absolute atomic E-state index is 9.38. The zero-order valence-electron chi connectivity index (χ0n) is 19.8. The fourth-order valence-corrected chi connectivity index (χ4v) is 4.30.